The van der Waals surface area contributed by atoms with Crippen molar-refractivity contribution in [3.8, 4) is 28.1 Å². The van der Waals surface area contributed by atoms with Gasteiger partial charge in [0.05, 0.1) is 5.69 Å². The van der Waals surface area contributed by atoms with E-state index in [0.717, 1.165) is 31.6 Å². The third-order valence-corrected chi connectivity index (χ3v) is 5.41. The highest BCUT2D eigenvalue weighted by Crippen LogP contribution is 2.33. The molecule has 1 saturated heterocycles. The zero-order valence-corrected chi connectivity index (χ0v) is 16.4. The van der Waals surface area contributed by atoms with Crippen molar-refractivity contribution >= 4 is 5.82 Å². The highest BCUT2D eigenvalue weighted by atomic mass is 19.1. The van der Waals surface area contributed by atoms with Crippen LogP contribution in [0.25, 0.3) is 22.4 Å². The van der Waals surface area contributed by atoms with E-state index in [-0.39, 0.29) is 11.3 Å². The van der Waals surface area contributed by atoms with Crippen LogP contribution in [0.4, 0.5) is 14.6 Å². The Labute approximate surface area is 169 Å². The van der Waals surface area contributed by atoms with Crippen LogP contribution in [-0.4, -0.2) is 48.2 Å². The molecule has 1 aromatic heterocycles. The number of hydrogen-bond donors (Lipinski definition) is 1. The van der Waals surface area contributed by atoms with E-state index < -0.39 is 11.6 Å². The van der Waals surface area contributed by atoms with E-state index >= 15 is 0 Å². The average molecular weight is 395 g/mol. The van der Waals surface area contributed by atoms with Crippen LogP contribution < -0.4 is 4.90 Å². The van der Waals surface area contributed by atoms with Gasteiger partial charge in [0.15, 0.2) is 0 Å². The maximum absolute atomic E-state index is 14.5. The number of nitrogens with zero attached hydrogens (tertiary/aromatic N) is 3. The summed E-state index contributed by atoms with van der Waals surface area (Å²) in [6, 6.07) is 14.2. The molecule has 1 aliphatic rings. The van der Waals surface area contributed by atoms with Gasteiger partial charge in [-0.25, -0.2) is 13.8 Å². The monoisotopic (exact) mass is 395 g/mol. The summed E-state index contributed by atoms with van der Waals surface area (Å²) in [6.07, 6.45) is 1.01. The van der Waals surface area contributed by atoms with E-state index in [4.69, 9.17) is 4.98 Å². The molecule has 1 fully saturated rings. The summed E-state index contributed by atoms with van der Waals surface area (Å²) in [5.74, 6) is -0.138. The van der Waals surface area contributed by atoms with Gasteiger partial charge >= 0.3 is 0 Å². The van der Waals surface area contributed by atoms with E-state index in [1.54, 1.807) is 24.3 Å². The smallest absolute Gasteiger partial charge is 0.131 e. The highest BCUT2D eigenvalue weighted by Gasteiger charge is 2.26. The second kappa shape index (κ2) is 7.79. The number of rotatable bonds is 4. The third-order valence-electron chi connectivity index (χ3n) is 5.41. The second-order valence-electron chi connectivity index (χ2n) is 7.63. The van der Waals surface area contributed by atoms with E-state index in [1.807, 2.05) is 12.1 Å². The lowest BCUT2D eigenvalue weighted by Crippen LogP contribution is -2.31. The number of aromatic hydroxyl groups is 1. The molecule has 2 aromatic carbocycles. The first-order chi connectivity index (χ1) is 13.9. The first-order valence-corrected chi connectivity index (χ1v) is 9.59. The molecule has 3 aromatic rings. The molecule has 1 N–H and O–H groups in total. The molecule has 1 atom stereocenters. The van der Waals surface area contributed by atoms with Gasteiger partial charge in [0.25, 0.3) is 0 Å². The lowest BCUT2D eigenvalue weighted by atomic mass is 10.0. The number of aromatic nitrogens is 1. The molecule has 1 aliphatic heterocycles. The van der Waals surface area contributed by atoms with Gasteiger partial charge in [0, 0.05) is 30.3 Å². The fourth-order valence-electron chi connectivity index (χ4n) is 3.74. The van der Waals surface area contributed by atoms with Crippen molar-refractivity contribution in [2.24, 2.45) is 0 Å². The molecule has 0 amide bonds. The Morgan fingerprint density at radius 3 is 2.59 bits per heavy atom. The quantitative estimate of drug-likeness (QED) is 0.704. The molecule has 4 rings (SSSR count). The number of benzene rings is 2. The molecule has 0 spiro atoms. The summed E-state index contributed by atoms with van der Waals surface area (Å²) >= 11 is 0. The molecule has 0 saturated carbocycles. The first kappa shape index (κ1) is 19.3. The van der Waals surface area contributed by atoms with Gasteiger partial charge in [-0.1, -0.05) is 12.1 Å². The van der Waals surface area contributed by atoms with Crippen LogP contribution in [0, 0.1) is 11.6 Å². The Morgan fingerprint density at radius 2 is 1.86 bits per heavy atom. The summed E-state index contributed by atoms with van der Waals surface area (Å²) in [5.41, 5.74) is 2.07. The van der Waals surface area contributed by atoms with Crippen molar-refractivity contribution in [3.63, 3.8) is 0 Å². The van der Waals surface area contributed by atoms with Crippen molar-refractivity contribution in [1.29, 1.82) is 0 Å². The van der Waals surface area contributed by atoms with E-state index in [1.165, 1.54) is 6.07 Å². The van der Waals surface area contributed by atoms with Crippen LogP contribution in [0.5, 0.6) is 5.75 Å². The van der Waals surface area contributed by atoms with Gasteiger partial charge in [-0.15, -0.1) is 0 Å². The predicted molar refractivity (Wildman–Crippen MR) is 111 cm³/mol. The largest absolute Gasteiger partial charge is 0.508 e. The van der Waals surface area contributed by atoms with Crippen LogP contribution >= 0.6 is 0 Å². The predicted octanol–water partition coefficient (Wildman–Crippen LogP) is 4.54. The van der Waals surface area contributed by atoms with E-state index in [2.05, 4.69) is 23.9 Å². The lowest BCUT2D eigenvalue weighted by molar-refractivity contribution is 0.315. The number of pyridine rings is 1. The fourth-order valence-corrected chi connectivity index (χ4v) is 3.74. The zero-order chi connectivity index (χ0) is 20.5. The van der Waals surface area contributed by atoms with Crippen molar-refractivity contribution in [2.75, 3.05) is 32.1 Å². The molecule has 29 heavy (non-hydrogen) atoms. The Kier molecular flexibility index (Phi) is 5.20. The SMILES string of the molecule is CN(C)C1CCN(c2cc(-c3cc(F)ccc3F)cc(-c3cccc(O)c3)n2)C1. The fraction of sp³-hybridized carbons (Fsp3) is 0.261. The summed E-state index contributed by atoms with van der Waals surface area (Å²) < 4.78 is 28.3. The summed E-state index contributed by atoms with van der Waals surface area (Å²) in [6.45, 7) is 1.65. The van der Waals surface area contributed by atoms with Crippen molar-refractivity contribution in [3.05, 3.63) is 66.2 Å². The van der Waals surface area contributed by atoms with Crippen molar-refractivity contribution in [1.82, 2.24) is 9.88 Å². The number of anilines is 1. The standard InChI is InChI=1S/C23H23F2N3O/c1-27(2)18-8-9-28(14-18)23-12-16(20-13-17(24)6-7-21(20)25)11-22(26-23)15-4-3-5-19(29)10-15/h3-7,10-13,18,29H,8-9,14H2,1-2H3. The van der Waals surface area contributed by atoms with Gasteiger partial charge in [-0.3, -0.25) is 0 Å². The minimum absolute atomic E-state index is 0.127. The van der Waals surface area contributed by atoms with Crippen LogP contribution in [0.2, 0.25) is 0 Å². The Balaban J connectivity index is 1.83. The average Bonchev–Trinajstić information content (AvgIpc) is 3.20. The number of phenols is 1. The van der Waals surface area contributed by atoms with Crippen LogP contribution in [-0.2, 0) is 0 Å². The third kappa shape index (κ3) is 4.07. The number of likely N-dealkylation sites (N-methyl/N-ethyl adjacent to an activating group) is 1. The van der Waals surface area contributed by atoms with Crippen LogP contribution in [0.15, 0.2) is 54.6 Å². The first-order valence-electron chi connectivity index (χ1n) is 9.59. The molecule has 0 radical (unpaired) electrons. The Hall–Kier alpha value is -2.99. The van der Waals surface area contributed by atoms with Crippen LogP contribution in [0.1, 0.15) is 6.42 Å². The molecular formula is C23H23F2N3O. The molecule has 0 aliphatic carbocycles. The Bertz CT molecular complexity index is 1040. The van der Waals surface area contributed by atoms with Crippen LogP contribution in [0.3, 0.4) is 0 Å². The summed E-state index contributed by atoms with van der Waals surface area (Å²) in [4.78, 5) is 9.13. The number of phenolic OH excluding ortho intramolecular Hbond substituents is 1. The highest BCUT2D eigenvalue weighted by molar-refractivity contribution is 5.75. The summed E-state index contributed by atoms with van der Waals surface area (Å²) in [7, 11) is 4.11. The van der Waals surface area contributed by atoms with E-state index in [9.17, 15) is 13.9 Å². The molecular weight excluding hydrogens is 372 g/mol. The van der Waals surface area contributed by atoms with Gasteiger partial charge in [0.2, 0.25) is 0 Å². The topological polar surface area (TPSA) is 39.6 Å². The maximum atomic E-state index is 14.5. The van der Waals surface area contributed by atoms with Gasteiger partial charge in [-0.2, -0.15) is 0 Å². The van der Waals surface area contributed by atoms with E-state index in [0.29, 0.717) is 28.7 Å². The minimum Gasteiger partial charge on any atom is -0.508 e. The van der Waals surface area contributed by atoms with Crippen molar-refractivity contribution in [2.45, 2.75) is 12.5 Å². The molecule has 150 valence electrons. The minimum atomic E-state index is -0.493. The Morgan fingerprint density at radius 1 is 1.03 bits per heavy atom. The zero-order valence-electron chi connectivity index (χ0n) is 16.4. The molecule has 4 nitrogen and oxygen atoms in total. The molecule has 2 heterocycles. The van der Waals surface area contributed by atoms with Gasteiger partial charge in [0.1, 0.15) is 23.2 Å². The summed E-state index contributed by atoms with van der Waals surface area (Å²) in [5, 5.41) is 9.86. The van der Waals surface area contributed by atoms with Gasteiger partial charge < -0.3 is 14.9 Å². The molecule has 0 bridgehead atoms. The van der Waals surface area contributed by atoms with Gasteiger partial charge in [-0.05, 0) is 68.5 Å². The normalized spacial score (nSPS) is 16.6. The number of halogens is 2. The maximum Gasteiger partial charge on any atom is 0.131 e. The second-order valence-corrected chi connectivity index (χ2v) is 7.63. The molecule has 6 heteroatoms. The lowest BCUT2D eigenvalue weighted by Gasteiger charge is -2.22. The van der Waals surface area contributed by atoms with Crippen molar-refractivity contribution < 1.29 is 13.9 Å². The molecule has 1 unspecified atom stereocenters. The number of hydrogen-bond acceptors (Lipinski definition) is 4.